The molecule has 0 spiro atoms. The zero-order chi connectivity index (χ0) is 14.9. The monoisotopic (exact) mass is 297 g/mol. The lowest BCUT2D eigenvalue weighted by molar-refractivity contribution is 0.0950. The number of fused-ring (bicyclic) bond motifs is 1. The first kappa shape index (κ1) is 13.1. The zero-order valence-electron chi connectivity index (χ0n) is 11.9. The summed E-state index contributed by atoms with van der Waals surface area (Å²) < 4.78 is 10.5. The van der Waals surface area contributed by atoms with Gasteiger partial charge >= 0.3 is 0 Å². The maximum atomic E-state index is 12.2. The second-order valence-electron chi connectivity index (χ2n) is 5.46. The number of rotatable bonds is 4. The second kappa shape index (κ2) is 5.29. The molecule has 0 atom stereocenters. The lowest BCUT2D eigenvalue weighted by Crippen LogP contribution is -2.23. The molecule has 0 saturated heterocycles. The molecule has 6 heteroatoms. The van der Waals surface area contributed by atoms with Gasteiger partial charge in [-0.15, -0.1) is 0 Å². The normalized spacial score (nSPS) is 15.6. The van der Waals surface area contributed by atoms with Crippen LogP contribution in [0.3, 0.4) is 0 Å². The van der Waals surface area contributed by atoms with E-state index in [1.807, 2.05) is 6.07 Å². The molecule has 0 unspecified atom stereocenters. The highest BCUT2D eigenvalue weighted by atomic mass is 16.7. The number of carbonyl (C=O) groups is 1. The molecule has 2 aliphatic rings. The van der Waals surface area contributed by atoms with Crippen LogP contribution >= 0.6 is 0 Å². The quantitative estimate of drug-likeness (QED) is 0.934. The number of hydrogen-bond donors (Lipinski definition) is 1. The molecule has 6 nitrogen and oxygen atoms in total. The van der Waals surface area contributed by atoms with Crippen molar-refractivity contribution in [2.45, 2.75) is 25.3 Å². The van der Waals surface area contributed by atoms with Gasteiger partial charge in [-0.1, -0.05) is 0 Å². The van der Waals surface area contributed by atoms with Gasteiger partial charge in [0.15, 0.2) is 11.5 Å². The van der Waals surface area contributed by atoms with Crippen molar-refractivity contribution in [1.82, 2.24) is 15.3 Å². The van der Waals surface area contributed by atoms with Crippen LogP contribution in [-0.4, -0.2) is 22.7 Å². The summed E-state index contributed by atoms with van der Waals surface area (Å²) >= 11 is 0. The third-order valence-electron chi connectivity index (χ3n) is 3.81. The van der Waals surface area contributed by atoms with Gasteiger partial charge in [0.25, 0.3) is 5.91 Å². The number of benzene rings is 1. The lowest BCUT2D eigenvalue weighted by atomic mass is 10.2. The van der Waals surface area contributed by atoms with Crippen LogP contribution in [0.25, 0.3) is 0 Å². The van der Waals surface area contributed by atoms with Crippen LogP contribution in [-0.2, 0) is 6.54 Å². The predicted molar refractivity (Wildman–Crippen MR) is 77.7 cm³/mol. The first-order chi connectivity index (χ1) is 10.8. The molecule has 1 saturated carbocycles. The minimum Gasteiger partial charge on any atom is -0.454 e. The van der Waals surface area contributed by atoms with E-state index in [1.165, 1.54) is 12.8 Å². The summed E-state index contributed by atoms with van der Waals surface area (Å²) in [4.78, 5) is 20.7. The van der Waals surface area contributed by atoms with E-state index in [1.54, 1.807) is 24.5 Å². The number of ether oxygens (including phenoxy) is 2. The van der Waals surface area contributed by atoms with Crippen LogP contribution in [0.2, 0.25) is 0 Å². The Labute approximate surface area is 127 Å². The molecule has 2 heterocycles. The van der Waals surface area contributed by atoms with E-state index in [-0.39, 0.29) is 12.7 Å². The minimum atomic E-state index is -0.162. The Bertz CT molecular complexity index is 728. The van der Waals surface area contributed by atoms with Crippen molar-refractivity contribution in [3.05, 3.63) is 47.5 Å². The van der Waals surface area contributed by atoms with Crippen LogP contribution < -0.4 is 14.8 Å². The van der Waals surface area contributed by atoms with Gasteiger partial charge in [-0.2, -0.15) is 0 Å². The van der Waals surface area contributed by atoms with E-state index in [9.17, 15) is 4.79 Å². The summed E-state index contributed by atoms with van der Waals surface area (Å²) in [5.41, 5.74) is 2.44. The van der Waals surface area contributed by atoms with Gasteiger partial charge < -0.3 is 14.8 Å². The maximum absolute atomic E-state index is 12.2. The van der Waals surface area contributed by atoms with Gasteiger partial charge in [-0.3, -0.25) is 4.79 Å². The molecular formula is C16H15N3O3. The van der Waals surface area contributed by atoms with Crippen molar-refractivity contribution in [1.29, 1.82) is 0 Å². The van der Waals surface area contributed by atoms with Crippen molar-refractivity contribution in [3.63, 3.8) is 0 Å². The number of amides is 1. The van der Waals surface area contributed by atoms with Crippen LogP contribution in [0.1, 0.15) is 40.5 Å². The third kappa shape index (κ3) is 2.59. The summed E-state index contributed by atoms with van der Waals surface area (Å²) in [6.07, 6.45) is 3.95. The van der Waals surface area contributed by atoms with E-state index in [2.05, 4.69) is 15.3 Å². The van der Waals surface area contributed by atoms with Crippen molar-refractivity contribution >= 4 is 5.91 Å². The van der Waals surface area contributed by atoms with Crippen LogP contribution in [0.5, 0.6) is 11.5 Å². The topological polar surface area (TPSA) is 73.3 Å². The van der Waals surface area contributed by atoms with Crippen LogP contribution in [0.15, 0.2) is 30.6 Å². The predicted octanol–water partition coefficient (Wildman–Crippen LogP) is 2.01. The number of aromatic nitrogens is 2. The van der Waals surface area contributed by atoms with Crippen LogP contribution in [0, 0.1) is 0 Å². The van der Waals surface area contributed by atoms with E-state index < -0.39 is 0 Å². The second-order valence-corrected chi connectivity index (χ2v) is 5.46. The van der Waals surface area contributed by atoms with Gasteiger partial charge in [0, 0.05) is 17.2 Å². The van der Waals surface area contributed by atoms with Crippen molar-refractivity contribution in [3.8, 4) is 11.5 Å². The number of carbonyl (C=O) groups excluding carboxylic acids is 1. The SMILES string of the molecule is O=C(NCc1cc(C2CC2)ncn1)c1ccc2c(c1)OCO2. The number of hydrogen-bond acceptors (Lipinski definition) is 5. The Hall–Kier alpha value is -2.63. The molecule has 1 aliphatic carbocycles. The molecule has 1 aromatic heterocycles. The molecule has 1 N–H and O–H groups in total. The Kier molecular flexibility index (Phi) is 3.14. The van der Waals surface area contributed by atoms with Crippen molar-refractivity contribution in [2.24, 2.45) is 0 Å². The summed E-state index contributed by atoms with van der Waals surface area (Å²) in [6, 6.07) is 7.12. The summed E-state index contributed by atoms with van der Waals surface area (Å²) in [7, 11) is 0. The van der Waals surface area contributed by atoms with Crippen molar-refractivity contribution in [2.75, 3.05) is 6.79 Å². The highest BCUT2D eigenvalue weighted by molar-refractivity contribution is 5.94. The number of nitrogens with zero attached hydrogens (tertiary/aromatic N) is 2. The molecule has 1 amide bonds. The summed E-state index contributed by atoms with van der Waals surface area (Å²) in [5.74, 6) is 1.68. The fraction of sp³-hybridized carbons (Fsp3) is 0.312. The van der Waals surface area contributed by atoms with Gasteiger partial charge in [-0.05, 0) is 37.1 Å². The maximum Gasteiger partial charge on any atom is 0.251 e. The van der Waals surface area contributed by atoms with E-state index in [0.29, 0.717) is 29.5 Å². The third-order valence-corrected chi connectivity index (χ3v) is 3.81. The molecule has 1 aliphatic heterocycles. The molecule has 1 aromatic carbocycles. The molecule has 1 fully saturated rings. The average Bonchev–Trinajstić information content (AvgIpc) is 3.30. The van der Waals surface area contributed by atoms with Crippen LogP contribution in [0.4, 0.5) is 0 Å². The molecule has 112 valence electrons. The Morgan fingerprint density at radius 2 is 2.05 bits per heavy atom. The Morgan fingerprint density at radius 3 is 2.91 bits per heavy atom. The van der Waals surface area contributed by atoms with E-state index in [4.69, 9.17) is 9.47 Å². The molecule has 0 bridgehead atoms. The first-order valence-corrected chi connectivity index (χ1v) is 7.28. The summed E-state index contributed by atoms with van der Waals surface area (Å²) in [5, 5.41) is 2.87. The number of nitrogens with one attached hydrogen (secondary N) is 1. The standard InChI is InChI=1S/C16H15N3O3/c20-16(11-3-4-14-15(5-11)22-9-21-14)17-7-12-6-13(10-1-2-10)19-8-18-12/h3-6,8,10H,1-2,7,9H2,(H,17,20). The highest BCUT2D eigenvalue weighted by Gasteiger charge is 2.25. The minimum absolute atomic E-state index is 0.162. The Balaban J connectivity index is 1.42. The Morgan fingerprint density at radius 1 is 1.18 bits per heavy atom. The summed E-state index contributed by atoms with van der Waals surface area (Å²) in [6.45, 7) is 0.584. The van der Waals surface area contributed by atoms with Gasteiger partial charge in [-0.25, -0.2) is 9.97 Å². The van der Waals surface area contributed by atoms with Gasteiger partial charge in [0.05, 0.1) is 12.2 Å². The fourth-order valence-corrected chi connectivity index (χ4v) is 2.42. The molecular weight excluding hydrogens is 282 g/mol. The molecule has 0 radical (unpaired) electrons. The van der Waals surface area contributed by atoms with Gasteiger partial charge in [0.2, 0.25) is 6.79 Å². The van der Waals surface area contributed by atoms with E-state index >= 15 is 0 Å². The molecule has 2 aromatic rings. The van der Waals surface area contributed by atoms with E-state index in [0.717, 1.165) is 11.4 Å². The highest BCUT2D eigenvalue weighted by Crippen LogP contribution is 2.38. The smallest absolute Gasteiger partial charge is 0.251 e. The van der Waals surface area contributed by atoms with Crippen molar-refractivity contribution < 1.29 is 14.3 Å². The zero-order valence-corrected chi connectivity index (χ0v) is 11.9. The fourth-order valence-electron chi connectivity index (χ4n) is 2.42. The lowest BCUT2D eigenvalue weighted by Gasteiger charge is -2.06. The molecule has 4 rings (SSSR count). The van der Waals surface area contributed by atoms with Gasteiger partial charge in [0.1, 0.15) is 6.33 Å². The average molecular weight is 297 g/mol. The largest absolute Gasteiger partial charge is 0.454 e. The first-order valence-electron chi connectivity index (χ1n) is 7.28. The molecule has 22 heavy (non-hydrogen) atoms.